The van der Waals surface area contributed by atoms with Crippen molar-refractivity contribution in [1.29, 1.82) is 0 Å². The molecule has 2 rings (SSSR count). The van der Waals surface area contributed by atoms with E-state index in [9.17, 15) is 4.79 Å². The highest BCUT2D eigenvalue weighted by Gasteiger charge is 2.15. The lowest BCUT2D eigenvalue weighted by molar-refractivity contribution is 0.512. The second-order valence-electron chi connectivity index (χ2n) is 3.17. The van der Waals surface area contributed by atoms with Crippen LogP contribution in [0.1, 0.15) is 18.7 Å². The van der Waals surface area contributed by atoms with Gasteiger partial charge in [0.15, 0.2) is 0 Å². The van der Waals surface area contributed by atoms with Crippen LogP contribution >= 0.6 is 0 Å². The molecule has 1 aliphatic heterocycles. The molecule has 0 saturated carbocycles. The Labute approximate surface area is 76.2 Å². The maximum absolute atomic E-state index is 11.6. The van der Waals surface area contributed by atoms with Gasteiger partial charge in [0, 0.05) is 13.0 Å². The molecule has 4 nitrogen and oxygen atoms in total. The summed E-state index contributed by atoms with van der Waals surface area (Å²) in [5.74, 6) is 3.30. The lowest BCUT2D eigenvalue weighted by Gasteiger charge is -2.09. The van der Waals surface area contributed by atoms with E-state index < -0.39 is 0 Å². The second-order valence-corrected chi connectivity index (χ2v) is 3.17. The van der Waals surface area contributed by atoms with Crippen molar-refractivity contribution >= 4 is 0 Å². The molecule has 0 radical (unpaired) electrons. The van der Waals surface area contributed by atoms with Gasteiger partial charge in [0.05, 0.1) is 0 Å². The molecule has 0 unspecified atom stereocenters. The summed E-state index contributed by atoms with van der Waals surface area (Å²) in [6, 6.07) is 0. The standard InChI is InChI=1S/C9H11N3O/c1-2-6-12-9(13)11-7-4-3-5-8(11)10-12/h1H,3-7H2. The van der Waals surface area contributed by atoms with E-state index >= 15 is 0 Å². The minimum absolute atomic E-state index is 0.0624. The molecule has 0 aromatic carbocycles. The highest BCUT2D eigenvalue weighted by Crippen LogP contribution is 2.08. The van der Waals surface area contributed by atoms with Gasteiger partial charge in [0.2, 0.25) is 0 Å². The zero-order chi connectivity index (χ0) is 9.26. The smallest absolute Gasteiger partial charge is 0.279 e. The average molecular weight is 177 g/mol. The monoisotopic (exact) mass is 177 g/mol. The number of rotatable bonds is 1. The summed E-state index contributed by atoms with van der Waals surface area (Å²) < 4.78 is 3.08. The highest BCUT2D eigenvalue weighted by atomic mass is 16.2. The number of hydrogen-bond acceptors (Lipinski definition) is 2. The maximum atomic E-state index is 11.6. The molecule has 0 atom stereocenters. The third-order valence-electron chi connectivity index (χ3n) is 2.27. The van der Waals surface area contributed by atoms with Crippen LogP contribution in [0.5, 0.6) is 0 Å². The Morgan fingerprint density at radius 1 is 1.54 bits per heavy atom. The molecule has 0 spiro atoms. The Morgan fingerprint density at radius 2 is 2.38 bits per heavy atom. The Kier molecular flexibility index (Phi) is 1.93. The quantitative estimate of drug-likeness (QED) is 0.567. The molecular weight excluding hydrogens is 166 g/mol. The third kappa shape index (κ3) is 1.26. The average Bonchev–Trinajstić information content (AvgIpc) is 2.46. The van der Waals surface area contributed by atoms with Crippen LogP contribution < -0.4 is 5.69 Å². The molecule has 0 aliphatic carbocycles. The molecule has 1 aliphatic rings. The molecule has 0 saturated heterocycles. The number of aryl methyl sites for hydroxylation is 1. The van der Waals surface area contributed by atoms with Gasteiger partial charge in [-0.05, 0) is 12.8 Å². The maximum Gasteiger partial charge on any atom is 0.346 e. The second kappa shape index (κ2) is 3.09. The Balaban J connectivity index is 2.46. The number of hydrogen-bond donors (Lipinski definition) is 0. The van der Waals surface area contributed by atoms with E-state index in [1.165, 1.54) is 4.68 Å². The zero-order valence-corrected chi connectivity index (χ0v) is 7.36. The topological polar surface area (TPSA) is 39.8 Å². The van der Waals surface area contributed by atoms with Crippen molar-refractivity contribution in [3.63, 3.8) is 0 Å². The Hall–Kier alpha value is -1.50. The van der Waals surface area contributed by atoms with Crippen molar-refractivity contribution in [2.24, 2.45) is 0 Å². The summed E-state index contributed by atoms with van der Waals surface area (Å²) in [6.07, 6.45) is 8.21. The summed E-state index contributed by atoms with van der Waals surface area (Å²) in [4.78, 5) is 11.6. The molecule has 13 heavy (non-hydrogen) atoms. The lowest BCUT2D eigenvalue weighted by atomic mass is 10.2. The molecular formula is C9H11N3O. The van der Waals surface area contributed by atoms with Crippen molar-refractivity contribution in [3.05, 3.63) is 16.3 Å². The van der Waals surface area contributed by atoms with Crippen molar-refractivity contribution in [1.82, 2.24) is 14.3 Å². The van der Waals surface area contributed by atoms with E-state index in [-0.39, 0.29) is 12.2 Å². The Morgan fingerprint density at radius 3 is 3.08 bits per heavy atom. The van der Waals surface area contributed by atoms with Crippen LogP contribution in [0.2, 0.25) is 0 Å². The molecule has 68 valence electrons. The van der Waals surface area contributed by atoms with Crippen LogP contribution in [0, 0.1) is 12.3 Å². The summed E-state index contributed by atoms with van der Waals surface area (Å²) in [7, 11) is 0. The first kappa shape index (κ1) is 8.11. The van der Waals surface area contributed by atoms with Crippen molar-refractivity contribution < 1.29 is 0 Å². The molecule has 1 aromatic rings. The van der Waals surface area contributed by atoms with E-state index in [2.05, 4.69) is 11.0 Å². The van der Waals surface area contributed by atoms with Crippen LogP contribution in [-0.4, -0.2) is 14.3 Å². The van der Waals surface area contributed by atoms with Crippen LogP contribution in [0.15, 0.2) is 4.79 Å². The molecule has 0 N–H and O–H groups in total. The predicted molar refractivity (Wildman–Crippen MR) is 48.3 cm³/mol. The minimum atomic E-state index is -0.0624. The van der Waals surface area contributed by atoms with Gasteiger partial charge in [-0.3, -0.25) is 4.57 Å². The van der Waals surface area contributed by atoms with Crippen LogP contribution in [0.3, 0.4) is 0 Å². The van der Waals surface area contributed by atoms with Crippen molar-refractivity contribution in [2.45, 2.75) is 32.4 Å². The van der Waals surface area contributed by atoms with Gasteiger partial charge in [-0.2, -0.15) is 5.10 Å². The van der Waals surface area contributed by atoms with Gasteiger partial charge in [-0.25, -0.2) is 9.48 Å². The highest BCUT2D eigenvalue weighted by molar-refractivity contribution is 4.93. The molecule has 0 fully saturated rings. The first-order chi connectivity index (χ1) is 6.33. The van der Waals surface area contributed by atoms with E-state index in [1.54, 1.807) is 4.57 Å². The largest absolute Gasteiger partial charge is 0.346 e. The SMILES string of the molecule is C#CCn1nc2n(c1=O)CCCC2. The van der Waals surface area contributed by atoms with Gasteiger partial charge < -0.3 is 0 Å². The normalized spacial score (nSPS) is 15.0. The van der Waals surface area contributed by atoms with Gasteiger partial charge in [0.1, 0.15) is 12.4 Å². The fraction of sp³-hybridized carbons (Fsp3) is 0.556. The summed E-state index contributed by atoms with van der Waals surface area (Å²) in [5, 5.41) is 4.16. The summed E-state index contributed by atoms with van der Waals surface area (Å²) in [5.41, 5.74) is -0.0624. The molecule has 4 heteroatoms. The van der Waals surface area contributed by atoms with E-state index in [1.807, 2.05) is 0 Å². The van der Waals surface area contributed by atoms with Crippen molar-refractivity contribution in [2.75, 3.05) is 0 Å². The van der Waals surface area contributed by atoms with E-state index in [0.717, 1.165) is 31.6 Å². The number of nitrogens with zero attached hydrogens (tertiary/aromatic N) is 3. The molecule has 0 amide bonds. The molecule has 1 aromatic heterocycles. The third-order valence-corrected chi connectivity index (χ3v) is 2.27. The zero-order valence-electron chi connectivity index (χ0n) is 7.36. The van der Waals surface area contributed by atoms with Crippen LogP contribution in [-0.2, 0) is 19.5 Å². The van der Waals surface area contributed by atoms with Crippen LogP contribution in [0.25, 0.3) is 0 Å². The van der Waals surface area contributed by atoms with E-state index in [0.29, 0.717) is 0 Å². The van der Waals surface area contributed by atoms with Gasteiger partial charge in [-0.15, -0.1) is 6.42 Å². The van der Waals surface area contributed by atoms with Gasteiger partial charge >= 0.3 is 5.69 Å². The van der Waals surface area contributed by atoms with E-state index in [4.69, 9.17) is 6.42 Å². The summed E-state index contributed by atoms with van der Waals surface area (Å²) in [6.45, 7) is 1.07. The Bertz CT molecular complexity index is 407. The fourth-order valence-corrected chi connectivity index (χ4v) is 1.64. The van der Waals surface area contributed by atoms with Crippen molar-refractivity contribution in [3.8, 4) is 12.3 Å². The number of aromatic nitrogens is 3. The van der Waals surface area contributed by atoms with Gasteiger partial charge in [0.25, 0.3) is 0 Å². The predicted octanol–water partition coefficient (Wildman–Crippen LogP) is 0.0143. The fourth-order valence-electron chi connectivity index (χ4n) is 1.64. The lowest BCUT2D eigenvalue weighted by Crippen LogP contribution is -2.26. The number of terminal acetylenes is 1. The summed E-state index contributed by atoms with van der Waals surface area (Å²) >= 11 is 0. The number of fused-ring (bicyclic) bond motifs is 1. The molecule has 0 bridgehead atoms. The van der Waals surface area contributed by atoms with Gasteiger partial charge in [-0.1, -0.05) is 5.92 Å². The minimum Gasteiger partial charge on any atom is -0.279 e. The first-order valence-corrected chi connectivity index (χ1v) is 4.43. The molecule has 2 heterocycles. The van der Waals surface area contributed by atoms with Crippen LogP contribution in [0.4, 0.5) is 0 Å². The first-order valence-electron chi connectivity index (χ1n) is 4.43.